The van der Waals surface area contributed by atoms with Gasteiger partial charge < -0.3 is 15.4 Å². The third-order valence-corrected chi connectivity index (χ3v) is 5.47. The summed E-state index contributed by atoms with van der Waals surface area (Å²) in [4.78, 5) is 50.3. The molecule has 2 unspecified atom stereocenters. The maximum atomic E-state index is 13.1. The normalized spacial score (nSPS) is 16.9. The summed E-state index contributed by atoms with van der Waals surface area (Å²) < 4.78 is 5.24. The fourth-order valence-electron chi connectivity index (χ4n) is 3.74. The first-order valence-corrected chi connectivity index (χ1v) is 10.7. The van der Waals surface area contributed by atoms with Gasteiger partial charge in [0.2, 0.25) is 5.78 Å². The molecular weight excluding hydrogens is 408 g/mol. The highest BCUT2D eigenvalue weighted by atomic mass is 16.5. The SMILES string of the molecule is CC(C)C(NC(=O)OCc1ccccc1)C(=O)CC1Cc2cccc(c2)CNC(=O)C1=O. The van der Waals surface area contributed by atoms with E-state index in [0.717, 1.165) is 16.7 Å². The Bertz CT molecular complexity index is 987. The van der Waals surface area contributed by atoms with Crippen LogP contribution < -0.4 is 10.6 Å². The first kappa shape index (κ1) is 23.2. The maximum Gasteiger partial charge on any atom is 0.408 e. The number of amides is 2. The highest BCUT2D eigenvalue weighted by molar-refractivity contribution is 6.37. The van der Waals surface area contributed by atoms with Crippen LogP contribution >= 0.6 is 0 Å². The Morgan fingerprint density at radius 2 is 1.78 bits per heavy atom. The average Bonchev–Trinajstić information content (AvgIpc) is 2.82. The predicted molar refractivity (Wildman–Crippen MR) is 119 cm³/mol. The molecule has 2 bridgehead atoms. The number of nitrogens with one attached hydrogen (secondary N) is 2. The zero-order valence-corrected chi connectivity index (χ0v) is 18.3. The van der Waals surface area contributed by atoms with Gasteiger partial charge in [-0.25, -0.2) is 4.79 Å². The van der Waals surface area contributed by atoms with Crippen molar-refractivity contribution in [1.29, 1.82) is 0 Å². The average molecular weight is 437 g/mol. The molecule has 2 amide bonds. The van der Waals surface area contributed by atoms with Crippen molar-refractivity contribution in [3.05, 3.63) is 71.3 Å². The first-order valence-electron chi connectivity index (χ1n) is 10.7. The lowest BCUT2D eigenvalue weighted by atomic mass is 9.86. The van der Waals surface area contributed by atoms with Crippen molar-refractivity contribution < 1.29 is 23.9 Å². The van der Waals surface area contributed by atoms with Crippen molar-refractivity contribution in [2.24, 2.45) is 11.8 Å². The van der Waals surface area contributed by atoms with E-state index < -0.39 is 29.7 Å². The monoisotopic (exact) mass is 436 g/mol. The number of fused-ring (bicyclic) bond motifs is 2. The van der Waals surface area contributed by atoms with Crippen LogP contribution in [-0.2, 0) is 38.7 Å². The smallest absolute Gasteiger partial charge is 0.408 e. The van der Waals surface area contributed by atoms with Gasteiger partial charge in [0.05, 0.1) is 6.04 Å². The van der Waals surface area contributed by atoms with Crippen LogP contribution in [0.4, 0.5) is 4.79 Å². The van der Waals surface area contributed by atoms with Gasteiger partial charge in [-0.05, 0) is 29.0 Å². The van der Waals surface area contributed by atoms with Gasteiger partial charge in [0.15, 0.2) is 5.78 Å². The molecule has 1 aliphatic heterocycles. The zero-order valence-electron chi connectivity index (χ0n) is 18.3. The van der Waals surface area contributed by atoms with E-state index in [4.69, 9.17) is 4.74 Å². The van der Waals surface area contributed by atoms with Gasteiger partial charge in [-0.3, -0.25) is 14.4 Å². The number of carbonyl (C=O) groups excluding carboxylic acids is 4. The van der Waals surface area contributed by atoms with Crippen molar-refractivity contribution in [2.75, 3.05) is 0 Å². The van der Waals surface area contributed by atoms with Crippen LogP contribution in [0.5, 0.6) is 0 Å². The molecule has 7 heteroatoms. The molecule has 0 spiro atoms. The van der Waals surface area contributed by atoms with Gasteiger partial charge in [0.25, 0.3) is 5.91 Å². The highest BCUT2D eigenvalue weighted by Gasteiger charge is 2.33. The summed E-state index contributed by atoms with van der Waals surface area (Å²) in [7, 11) is 0. The minimum atomic E-state index is -0.826. The predicted octanol–water partition coefficient (Wildman–Crippen LogP) is 2.95. The lowest BCUT2D eigenvalue weighted by Gasteiger charge is -2.23. The Labute approximate surface area is 187 Å². The van der Waals surface area contributed by atoms with Gasteiger partial charge in [0.1, 0.15) is 6.61 Å². The van der Waals surface area contributed by atoms with E-state index in [9.17, 15) is 19.2 Å². The lowest BCUT2D eigenvalue weighted by Crippen LogP contribution is -2.46. The Kier molecular flexibility index (Phi) is 7.76. The molecular formula is C25H28N2O5. The van der Waals surface area contributed by atoms with Gasteiger partial charge in [0, 0.05) is 18.9 Å². The molecule has 0 radical (unpaired) electrons. The van der Waals surface area contributed by atoms with E-state index in [1.165, 1.54) is 0 Å². The second kappa shape index (κ2) is 10.7. The van der Waals surface area contributed by atoms with E-state index in [2.05, 4.69) is 10.6 Å². The van der Waals surface area contributed by atoms with E-state index >= 15 is 0 Å². The molecule has 168 valence electrons. The Balaban J connectivity index is 1.66. The molecule has 0 saturated carbocycles. The number of Topliss-reactive ketones (excluding diaryl/α,β-unsaturated/α-hetero) is 2. The van der Waals surface area contributed by atoms with Crippen molar-refractivity contribution in [3.8, 4) is 0 Å². The van der Waals surface area contributed by atoms with E-state index in [-0.39, 0.29) is 37.7 Å². The fraction of sp³-hybridized carbons (Fsp3) is 0.360. The van der Waals surface area contributed by atoms with E-state index in [1.807, 2.05) is 54.6 Å². The molecule has 2 aromatic rings. The van der Waals surface area contributed by atoms with Crippen molar-refractivity contribution in [1.82, 2.24) is 10.6 Å². The van der Waals surface area contributed by atoms with Crippen LogP contribution in [0.2, 0.25) is 0 Å². The Hall–Kier alpha value is -3.48. The molecule has 1 heterocycles. The fourth-order valence-corrected chi connectivity index (χ4v) is 3.74. The number of ether oxygens (including phenoxy) is 1. The van der Waals surface area contributed by atoms with Gasteiger partial charge in [-0.1, -0.05) is 68.4 Å². The molecule has 7 nitrogen and oxygen atoms in total. The number of hydrogen-bond acceptors (Lipinski definition) is 5. The van der Waals surface area contributed by atoms with Crippen LogP contribution in [0.25, 0.3) is 0 Å². The summed E-state index contributed by atoms with van der Waals surface area (Å²) in [5.74, 6) is -2.62. The van der Waals surface area contributed by atoms with Crippen LogP contribution in [0.1, 0.15) is 37.0 Å². The van der Waals surface area contributed by atoms with Crippen LogP contribution in [0.3, 0.4) is 0 Å². The molecule has 2 N–H and O–H groups in total. The number of ketones is 2. The van der Waals surface area contributed by atoms with Crippen molar-refractivity contribution in [2.45, 2.75) is 45.9 Å². The second-order valence-electron chi connectivity index (χ2n) is 8.37. The molecule has 0 aliphatic carbocycles. The summed E-state index contributed by atoms with van der Waals surface area (Å²) in [5.41, 5.74) is 2.62. The maximum absolute atomic E-state index is 13.1. The minimum Gasteiger partial charge on any atom is -0.445 e. The topological polar surface area (TPSA) is 102 Å². The summed E-state index contributed by atoms with van der Waals surface area (Å²) in [6.45, 7) is 3.97. The summed E-state index contributed by atoms with van der Waals surface area (Å²) >= 11 is 0. The number of alkyl carbamates (subject to hydrolysis) is 1. The van der Waals surface area contributed by atoms with Crippen molar-refractivity contribution in [3.63, 3.8) is 0 Å². The highest BCUT2D eigenvalue weighted by Crippen LogP contribution is 2.20. The third-order valence-electron chi connectivity index (χ3n) is 5.47. The molecule has 0 fully saturated rings. The summed E-state index contributed by atoms with van der Waals surface area (Å²) in [6, 6.07) is 15.9. The first-order chi connectivity index (χ1) is 15.3. The van der Waals surface area contributed by atoms with Gasteiger partial charge in [-0.15, -0.1) is 0 Å². The minimum absolute atomic E-state index is 0.0866. The molecule has 32 heavy (non-hydrogen) atoms. The van der Waals surface area contributed by atoms with Gasteiger partial charge >= 0.3 is 6.09 Å². The second-order valence-corrected chi connectivity index (χ2v) is 8.37. The number of hydrogen-bond donors (Lipinski definition) is 2. The zero-order chi connectivity index (χ0) is 23.1. The van der Waals surface area contributed by atoms with E-state index in [0.29, 0.717) is 0 Å². The summed E-state index contributed by atoms with van der Waals surface area (Å²) in [6.07, 6.45) is -0.555. The van der Waals surface area contributed by atoms with Crippen LogP contribution in [0.15, 0.2) is 54.6 Å². The standard InChI is InChI=1S/C25H28N2O5/c1-16(2)22(27-25(31)32-15-17-7-4-3-5-8-17)21(28)13-20-12-18-9-6-10-19(11-18)14-26-24(30)23(20)29/h3-11,16,20,22H,12-15H2,1-2H3,(H,26,30)(H,27,31). The molecule has 2 atom stereocenters. The number of benzene rings is 2. The molecule has 3 rings (SSSR count). The quantitative estimate of drug-likeness (QED) is 0.650. The Morgan fingerprint density at radius 1 is 1.06 bits per heavy atom. The van der Waals surface area contributed by atoms with Gasteiger partial charge in [-0.2, -0.15) is 0 Å². The van der Waals surface area contributed by atoms with Crippen molar-refractivity contribution >= 4 is 23.6 Å². The number of rotatable bonds is 7. The summed E-state index contributed by atoms with van der Waals surface area (Å²) in [5, 5.41) is 5.24. The molecule has 0 aromatic heterocycles. The van der Waals surface area contributed by atoms with E-state index in [1.54, 1.807) is 13.8 Å². The lowest BCUT2D eigenvalue weighted by molar-refractivity contribution is -0.141. The molecule has 0 saturated heterocycles. The van der Waals surface area contributed by atoms with Crippen LogP contribution in [-0.4, -0.2) is 29.6 Å². The molecule has 2 aromatic carbocycles. The van der Waals surface area contributed by atoms with Crippen LogP contribution in [0, 0.1) is 11.8 Å². The number of carbonyl (C=O) groups is 4. The Morgan fingerprint density at radius 3 is 2.50 bits per heavy atom. The molecule has 1 aliphatic rings. The third kappa shape index (κ3) is 6.26. The largest absolute Gasteiger partial charge is 0.445 e.